The molecule has 3 aromatic carbocycles. The molecule has 2 aliphatic carbocycles. The maximum atomic E-state index is 15.3. The van der Waals surface area contributed by atoms with Crippen LogP contribution in [0.5, 0.6) is 11.5 Å². The molecule has 1 saturated carbocycles. The molecule has 6 unspecified atom stereocenters. The van der Waals surface area contributed by atoms with Gasteiger partial charge in [-0.25, -0.2) is 26.9 Å². The van der Waals surface area contributed by atoms with Crippen LogP contribution in [0.3, 0.4) is 0 Å². The summed E-state index contributed by atoms with van der Waals surface area (Å²) in [6, 6.07) is 8.30. The van der Waals surface area contributed by atoms with E-state index in [0.29, 0.717) is 5.56 Å². The first-order valence-electron chi connectivity index (χ1n) is 15.5. The highest BCUT2D eigenvalue weighted by molar-refractivity contribution is 9.10. The largest absolute Gasteiger partial charge is 0.504 e. The average Bonchev–Trinajstić information content (AvgIpc) is 3.45. The van der Waals surface area contributed by atoms with Crippen LogP contribution in [0.25, 0.3) is 0 Å². The van der Waals surface area contributed by atoms with Gasteiger partial charge in [-0.3, -0.25) is 28.9 Å². The van der Waals surface area contributed by atoms with Crippen LogP contribution < -0.4 is 14.5 Å². The number of ether oxygens (including phenoxy) is 1. The molecule has 17 heteroatoms. The number of phenols is 1. The quantitative estimate of drug-likeness (QED) is 0.0570. The third kappa shape index (κ3) is 4.60. The fourth-order valence-electron chi connectivity index (χ4n) is 7.98. The van der Waals surface area contributed by atoms with Crippen molar-refractivity contribution >= 4 is 79.9 Å². The second-order valence-electron chi connectivity index (χ2n) is 12.9. The van der Waals surface area contributed by atoms with Crippen LogP contribution in [0, 0.1) is 46.8 Å². The Hall–Kier alpha value is -4.34. The fraction of sp³-hybridized carbons (Fsp3) is 0.286. The molecule has 0 spiro atoms. The molecule has 4 amide bonds. The molecule has 2 saturated heterocycles. The predicted molar refractivity (Wildman–Crippen MR) is 178 cm³/mol. The first kappa shape index (κ1) is 36.0. The number of imide groups is 2. The van der Waals surface area contributed by atoms with Gasteiger partial charge in [-0.05, 0) is 62.1 Å². The summed E-state index contributed by atoms with van der Waals surface area (Å²) in [6.45, 7) is 1.34. The van der Waals surface area contributed by atoms with Crippen LogP contribution in [0.4, 0.5) is 33.3 Å². The molecule has 6 atom stereocenters. The number of aromatic hydroxyl groups is 1. The monoisotopic (exact) mass is 826 g/mol. The predicted octanol–water partition coefficient (Wildman–Crippen LogP) is 6.83. The minimum atomic E-state index is -2.84. The molecule has 9 nitrogen and oxygen atoms in total. The number of nitrogens with zero attached hydrogens (tertiary/aromatic N) is 2. The lowest BCUT2D eigenvalue weighted by atomic mass is 9.56. The molecule has 0 bridgehead atoms. The minimum absolute atomic E-state index is 0.114. The maximum absolute atomic E-state index is 15.3. The third-order valence-electron chi connectivity index (χ3n) is 10.4. The molecule has 1 N–H and O–H groups in total. The maximum Gasteiger partial charge on any atom is 0.258 e. The number of hydrogen-bond donors (Lipinski definition) is 1. The van der Waals surface area contributed by atoms with Gasteiger partial charge in [-0.2, -0.15) is 0 Å². The molecule has 4 aliphatic rings. The number of methoxy groups -OCH3 is 1. The van der Waals surface area contributed by atoms with Crippen LogP contribution in [0.15, 0.2) is 52.5 Å². The van der Waals surface area contributed by atoms with E-state index in [9.17, 15) is 42.3 Å². The second kappa shape index (κ2) is 12.1. The molecule has 52 heavy (non-hydrogen) atoms. The van der Waals surface area contributed by atoms with Gasteiger partial charge in [0.1, 0.15) is 5.69 Å². The number of phenolic OH excluding ortho intramolecular Hbond substituents is 1. The van der Waals surface area contributed by atoms with E-state index < -0.39 is 104 Å². The van der Waals surface area contributed by atoms with Crippen LogP contribution in [-0.2, 0) is 19.2 Å². The highest BCUT2D eigenvalue weighted by atomic mass is 79.9. The van der Waals surface area contributed by atoms with Crippen molar-refractivity contribution in [1.29, 1.82) is 0 Å². The minimum Gasteiger partial charge on any atom is -0.504 e. The zero-order valence-electron chi connectivity index (χ0n) is 26.6. The molecular formula is C35H22BrCl2F5N2O7. The lowest BCUT2D eigenvalue weighted by Crippen LogP contribution is -2.60. The smallest absolute Gasteiger partial charge is 0.258 e. The summed E-state index contributed by atoms with van der Waals surface area (Å²) in [5, 5.41) is 11.4. The lowest BCUT2D eigenvalue weighted by Gasteiger charge is -2.50. The number of carbonyl (C=O) groups excluding carboxylic acids is 5. The number of benzene rings is 3. The Morgan fingerprint density at radius 3 is 2.06 bits per heavy atom. The summed E-state index contributed by atoms with van der Waals surface area (Å²) in [7, 11) is 1.21. The van der Waals surface area contributed by atoms with Crippen molar-refractivity contribution in [2.24, 2.45) is 17.8 Å². The number of allylic oxidation sites excluding steroid dienone is 2. The highest BCUT2D eigenvalue weighted by Gasteiger charge is 2.77. The van der Waals surface area contributed by atoms with Crippen molar-refractivity contribution in [2.45, 2.75) is 35.4 Å². The summed E-state index contributed by atoms with van der Waals surface area (Å²) in [6.07, 6.45) is 0.660. The topological polar surface area (TPSA) is 121 Å². The molecular weight excluding hydrogens is 806 g/mol. The number of anilines is 2. The third-order valence-corrected chi connectivity index (χ3v) is 12.2. The van der Waals surface area contributed by atoms with Gasteiger partial charge in [0, 0.05) is 21.5 Å². The second-order valence-corrected chi connectivity index (χ2v) is 15.0. The molecule has 0 radical (unpaired) electrons. The van der Waals surface area contributed by atoms with Crippen LogP contribution in [-0.4, -0.2) is 51.4 Å². The Morgan fingerprint density at radius 2 is 1.48 bits per heavy atom. The van der Waals surface area contributed by atoms with Crippen LogP contribution in [0.2, 0.25) is 0 Å². The number of fused-ring (bicyclic) bond motifs is 4. The van der Waals surface area contributed by atoms with Crippen molar-refractivity contribution in [2.75, 3.05) is 16.9 Å². The van der Waals surface area contributed by atoms with Crippen LogP contribution in [0.1, 0.15) is 41.6 Å². The zero-order chi connectivity index (χ0) is 37.9. The molecule has 2 aliphatic heterocycles. The number of ketones is 1. The summed E-state index contributed by atoms with van der Waals surface area (Å²) < 4.78 is 79.1. The van der Waals surface area contributed by atoms with E-state index in [0.717, 1.165) is 4.90 Å². The Morgan fingerprint density at radius 1 is 0.885 bits per heavy atom. The summed E-state index contributed by atoms with van der Waals surface area (Å²) in [4.78, 5) is 63.8. The number of Topliss-reactive ketones (excluding diaryl/α,β-unsaturated/α-hetero) is 1. The normalized spacial score (nSPS) is 28.2. The van der Waals surface area contributed by atoms with Gasteiger partial charge in [-0.15, -0.1) is 23.2 Å². The van der Waals surface area contributed by atoms with Gasteiger partial charge in [0.05, 0.1) is 24.6 Å². The number of rotatable bonds is 5. The first-order chi connectivity index (χ1) is 24.4. The highest BCUT2D eigenvalue weighted by Crippen LogP contribution is 2.67. The number of hydrogen-bond acceptors (Lipinski definition) is 7. The standard InChI is InChI=1S/C35H22BrCl2F5N2O7/c1-12(46)13-3-5-15(6-4-13)44-30(48)17-8-7-16-19(21(17)31(44)49)11-34(37)32(50)45(28-26(42)24(40)23(39)25(41)27(28)43)33(51)35(34,38)22(16)18-9-14(36)10-20(52-2)29(18)47/h3-7,9-10,17,19,21-22,47H,8,11H2,1-2H3. The first-order valence-corrected chi connectivity index (χ1v) is 17.0. The van der Waals surface area contributed by atoms with Gasteiger partial charge in [-0.1, -0.05) is 27.6 Å². The van der Waals surface area contributed by atoms with Gasteiger partial charge in [0.25, 0.3) is 11.8 Å². The molecule has 2 heterocycles. The van der Waals surface area contributed by atoms with E-state index in [1.54, 1.807) is 0 Å². The van der Waals surface area contributed by atoms with Crippen molar-refractivity contribution in [3.8, 4) is 11.5 Å². The molecule has 0 aromatic heterocycles. The molecule has 3 aromatic rings. The van der Waals surface area contributed by atoms with E-state index in [1.807, 2.05) is 0 Å². The Balaban J connectivity index is 1.44. The summed E-state index contributed by atoms with van der Waals surface area (Å²) in [5.74, 6) is -23.5. The Kier molecular flexibility index (Phi) is 8.39. The zero-order valence-corrected chi connectivity index (χ0v) is 29.7. The summed E-state index contributed by atoms with van der Waals surface area (Å²) in [5.41, 5.74) is -1.55. The SMILES string of the molecule is COc1cc(Br)cc(C2C3=CCC4C(=O)N(c5ccc(C(C)=O)cc5)C(=O)C4C3CC3(Cl)C(=O)N(c4c(F)c(F)c(F)c(F)c4F)C(=O)C23Cl)c1O. The van der Waals surface area contributed by atoms with E-state index in [2.05, 4.69) is 15.9 Å². The van der Waals surface area contributed by atoms with Gasteiger partial charge in [0.2, 0.25) is 17.6 Å². The van der Waals surface area contributed by atoms with Gasteiger partial charge in [0.15, 0.2) is 50.3 Å². The number of amides is 4. The van der Waals surface area contributed by atoms with Crippen molar-refractivity contribution in [3.05, 3.63) is 92.7 Å². The van der Waals surface area contributed by atoms with Crippen molar-refractivity contribution < 1.29 is 55.8 Å². The number of alkyl halides is 2. The molecule has 7 rings (SSSR count). The molecule has 270 valence electrons. The lowest BCUT2D eigenvalue weighted by molar-refractivity contribution is -0.125. The van der Waals surface area contributed by atoms with E-state index in [4.69, 9.17) is 27.9 Å². The number of halogens is 8. The Labute approximate surface area is 309 Å². The van der Waals surface area contributed by atoms with Crippen LogP contribution >= 0.6 is 39.1 Å². The summed E-state index contributed by atoms with van der Waals surface area (Å²) >= 11 is 17.5. The van der Waals surface area contributed by atoms with Gasteiger partial charge >= 0.3 is 0 Å². The average molecular weight is 828 g/mol. The van der Waals surface area contributed by atoms with Crippen molar-refractivity contribution in [3.63, 3.8) is 0 Å². The Bertz CT molecular complexity index is 2190. The fourth-order valence-corrected chi connectivity index (χ4v) is 9.36. The molecule has 3 fully saturated rings. The van der Waals surface area contributed by atoms with E-state index >= 15 is 8.78 Å². The van der Waals surface area contributed by atoms with Gasteiger partial charge < -0.3 is 9.84 Å². The van der Waals surface area contributed by atoms with Crippen molar-refractivity contribution in [1.82, 2.24) is 0 Å². The number of carbonyl (C=O) groups is 5. The van der Waals surface area contributed by atoms with E-state index in [1.165, 1.54) is 56.5 Å². The van der Waals surface area contributed by atoms with E-state index in [-0.39, 0.29) is 44.2 Å².